The SMILES string of the molecule is CC(C)n1cnc([C@H]2CN(Cc3cccnc3)C[C@@]23CCN(Cc2ccncc2)C3=O)c1. The number of hydrogen-bond acceptors (Lipinski definition) is 5. The van der Waals surface area contributed by atoms with E-state index in [0.29, 0.717) is 12.6 Å². The monoisotopic (exact) mass is 430 g/mol. The summed E-state index contributed by atoms with van der Waals surface area (Å²) >= 11 is 0. The van der Waals surface area contributed by atoms with E-state index in [9.17, 15) is 4.79 Å². The second-order valence-electron chi connectivity index (χ2n) is 9.41. The van der Waals surface area contributed by atoms with Crippen molar-refractivity contribution in [3.05, 3.63) is 78.4 Å². The van der Waals surface area contributed by atoms with Crippen LogP contribution in [0.1, 0.15) is 49.0 Å². The van der Waals surface area contributed by atoms with Crippen molar-refractivity contribution in [3.8, 4) is 0 Å². The average Bonchev–Trinajstić information content (AvgIpc) is 3.50. The molecule has 32 heavy (non-hydrogen) atoms. The standard InChI is InChI=1S/C25H30N6O/c1-19(2)31-16-23(28-18-31)22-15-29(13-21-4-3-8-27-12-21)17-25(22)7-11-30(24(25)32)14-20-5-9-26-10-6-20/h3-6,8-10,12,16,18-19,22H,7,11,13-15,17H2,1-2H3/t22-,25+/m1/s1. The van der Waals surface area contributed by atoms with E-state index in [4.69, 9.17) is 4.98 Å². The third kappa shape index (κ3) is 3.81. The highest BCUT2D eigenvalue weighted by Gasteiger charge is 2.57. The molecule has 0 aromatic carbocycles. The van der Waals surface area contributed by atoms with Crippen LogP contribution in [-0.2, 0) is 17.9 Å². The lowest BCUT2D eigenvalue weighted by Crippen LogP contribution is -2.39. The lowest BCUT2D eigenvalue weighted by molar-refractivity contribution is -0.136. The van der Waals surface area contributed by atoms with E-state index < -0.39 is 5.41 Å². The van der Waals surface area contributed by atoms with Gasteiger partial charge in [0.25, 0.3) is 0 Å². The highest BCUT2D eigenvalue weighted by molar-refractivity contribution is 5.86. The Bertz CT molecular complexity index is 1070. The molecule has 0 saturated carbocycles. The summed E-state index contributed by atoms with van der Waals surface area (Å²) < 4.78 is 2.14. The van der Waals surface area contributed by atoms with Crippen LogP contribution in [0.25, 0.3) is 0 Å². The Balaban J connectivity index is 1.43. The lowest BCUT2D eigenvalue weighted by atomic mass is 9.75. The summed E-state index contributed by atoms with van der Waals surface area (Å²) in [6, 6.07) is 8.40. The van der Waals surface area contributed by atoms with E-state index in [-0.39, 0.29) is 11.8 Å². The van der Waals surface area contributed by atoms with E-state index in [1.165, 1.54) is 5.56 Å². The van der Waals surface area contributed by atoms with Crippen LogP contribution in [0, 0.1) is 5.41 Å². The highest BCUT2D eigenvalue weighted by atomic mass is 16.2. The molecule has 2 atom stereocenters. The first-order valence-corrected chi connectivity index (χ1v) is 11.4. The van der Waals surface area contributed by atoms with Crippen LogP contribution in [0.4, 0.5) is 0 Å². The van der Waals surface area contributed by atoms with Crippen molar-refractivity contribution in [1.29, 1.82) is 0 Å². The Kier molecular flexibility index (Phi) is 5.51. The fraction of sp³-hybridized carbons (Fsp3) is 0.440. The van der Waals surface area contributed by atoms with Crippen LogP contribution >= 0.6 is 0 Å². The summed E-state index contributed by atoms with van der Waals surface area (Å²) in [7, 11) is 0. The third-order valence-electron chi connectivity index (χ3n) is 6.98. The molecule has 0 bridgehead atoms. The van der Waals surface area contributed by atoms with Gasteiger partial charge in [0.15, 0.2) is 0 Å². The number of carbonyl (C=O) groups excluding carboxylic acids is 1. The normalized spacial score (nSPS) is 23.7. The molecule has 1 spiro atoms. The summed E-state index contributed by atoms with van der Waals surface area (Å²) in [5.41, 5.74) is 2.91. The molecular formula is C25H30N6O. The minimum absolute atomic E-state index is 0.0918. The molecule has 5 rings (SSSR count). The highest BCUT2D eigenvalue weighted by Crippen LogP contribution is 2.50. The Morgan fingerprint density at radius 2 is 1.94 bits per heavy atom. The van der Waals surface area contributed by atoms with Crippen LogP contribution < -0.4 is 0 Å². The van der Waals surface area contributed by atoms with Gasteiger partial charge in [-0.15, -0.1) is 0 Å². The van der Waals surface area contributed by atoms with Crippen molar-refractivity contribution in [2.24, 2.45) is 5.41 Å². The van der Waals surface area contributed by atoms with Crippen molar-refractivity contribution < 1.29 is 4.79 Å². The summed E-state index contributed by atoms with van der Waals surface area (Å²) in [6.07, 6.45) is 12.2. The quantitative estimate of drug-likeness (QED) is 0.600. The first kappa shape index (κ1) is 20.8. The Morgan fingerprint density at radius 3 is 2.66 bits per heavy atom. The molecule has 0 radical (unpaired) electrons. The number of hydrogen-bond donors (Lipinski definition) is 0. The largest absolute Gasteiger partial charge is 0.338 e. The average molecular weight is 431 g/mol. The molecule has 1 amide bonds. The zero-order chi connectivity index (χ0) is 22.1. The summed E-state index contributed by atoms with van der Waals surface area (Å²) in [6.45, 7) is 8.12. The van der Waals surface area contributed by atoms with Gasteiger partial charge in [-0.2, -0.15) is 0 Å². The summed E-state index contributed by atoms with van der Waals surface area (Å²) in [5.74, 6) is 0.348. The third-order valence-corrected chi connectivity index (χ3v) is 6.98. The smallest absolute Gasteiger partial charge is 0.231 e. The Hall–Kier alpha value is -3.06. The predicted molar refractivity (Wildman–Crippen MR) is 122 cm³/mol. The molecule has 0 unspecified atom stereocenters. The van der Waals surface area contributed by atoms with E-state index in [2.05, 4.69) is 45.5 Å². The van der Waals surface area contributed by atoms with Gasteiger partial charge in [0.2, 0.25) is 5.91 Å². The van der Waals surface area contributed by atoms with Gasteiger partial charge in [0, 0.05) is 75.7 Å². The Morgan fingerprint density at radius 1 is 1.09 bits per heavy atom. The van der Waals surface area contributed by atoms with E-state index in [0.717, 1.165) is 43.9 Å². The van der Waals surface area contributed by atoms with Gasteiger partial charge in [-0.25, -0.2) is 4.98 Å². The molecule has 0 N–H and O–H groups in total. The minimum atomic E-state index is -0.425. The molecule has 7 heteroatoms. The first-order valence-electron chi connectivity index (χ1n) is 11.4. The van der Waals surface area contributed by atoms with Crippen molar-refractivity contribution in [1.82, 2.24) is 29.3 Å². The molecule has 2 saturated heterocycles. The molecule has 2 aliphatic heterocycles. The van der Waals surface area contributed by atoms with Crippen molar-refractivity contribution in [2.45, 2.75) is 45.3 Å². The zero-order valence-corrected chi connectivity index (χ0v) is 18.8. The fourth-order valence-electron chi connectivity index (χ4n) is 5.26. The number of aromatic nitrogens is 4. The van der Waals surface area contributed by atoms with Crippen molar-refractivity contribution in [2.75, 3.05) is 19.6 Å². The van der Waals surface area contributed by atoms with Gasteiger partial charge in [-0.1, -0.05) is 6.07 Å². The zero-order valence-electron chi connectivity index (χ0n) is 18.8. The fourth-order valence-corrected chi connectivity index (χ4v) is 5.26. The second-order valence-corrected chi connectivity index (χ2v) is 9.41. The van der Waals surface area contributed by atoms with Gasteiger partial charge in [-0.3, -0.25) is 19.7 Å². The van der Waals surface area contributed by atoms with Gasteiger partial charge in [0.1, 0.15) is 0 Å². The molecule has 3 aromatic rings. The van der Waals surface area contributed by atoms with E-state index in [1.54, 1.807) is 18.6 Å². The maximum Gasteiger partial charge on any atom is 0.231 e. The number of amides is 1. The topological polar surface area (TPSA) is 67.2 Å². The first-order chi connectivity index (χ1) is 15.5. The number of imidazole rings is 1. The molecule has 166 valence electrons. The van der Waals surface area contributed by atoms with Crippen molar-refractivity contribution in [3.63, 3.8) is 0 Å². The maximum atomic E-state index is 13.9. The van der Waals surface area contributed by atoms with E-state index in [1.807, 2.05) is 35.6 Å². The molecule has 5 heterocycles. The molecule has 7 nitrogen and oxygen atoms in total. The Labute approximate surface area is 189 Å². The van der Waals surface area contributed by atoms with Crippen LogP contribution in [0.3, 0.4) is 0 Å². The second kappa shape index (κ2) is 8.47. The molecule has 2 aliphatic rings. The number of likely N-dealkylation sites (tertiary alicyclic amines) is 2. The number of nitrogens with zero attached hydrogens (tertiary/aromatic N) is 6. The number of pyridine rings is 2. The molecular weight excluding hydrogens is 400 g/mol. The van der Waals surface area contributed by atoms with Gasteiger partial charge >= 0.3 is 0 Å². The van der Waals surface area contributed by atoms with Crippen molar-refractivity contribution >= 4 is 5.91 Å². The van der Waals surface area contributed by atoms with Crippen LogP contribution in [0.5, 0.6) is 0 Å². The van der Waals surface area contributed by atoms with Crippen LogP contribution in [0.15, 0.2) is 61.6 Å². The molecule has 2 fully saturated rings. The molecule has 3 aromatic heterocycles. The van der Waals surface area contributed by atoms with Gasteiger partial charge in [-0.05, 0) is 49.6 Å². The predicted octanol–water partition coefficient (Wildman–Crippen LogP) is 3.27. The van der Waals surface area contributed by atoms with Gasteiger partial charge in [0.05, 0.1) is 17.4 Å². The lowest BCUT2D eigenvalue weighted by Gasteiger charge is -2.28. The number of carbonyl (C=O) groups is 1. The minimum Gasteiger partial charge on any atom is -0.338 e. The number of rotatable bonds is 6. The van der Waals surface area contributed by atoms with Crippen LogP contribution in [0.2, 0.25) is 0 Å². The van der Waals surface area contributed by atoms with E-state index >= 15 is 0 Å². The summed E-state index contributed by atoms with van der Waals surface area (Å²) in [5, 5.41) is 0. The van der Waals surface area contributed by atoms with Gasteiger partial charge < -0.3 is 9.47 Å². The maximum absolute atomic E-state index is 13.9. The summed E-state index contributed by atoms with van der Waals surface area (Å²) in [4.78, 5) is 31.5. The molecule has 0 aliphatic carbocycles. The van der Waals surface area contributed by atoms with Crippen LogP contribution in [-0.4, -0.2) is 54.9 Å².